The van der Waals surface area contributed by atoms with Gasteiger partial charge in [-0.25, -0.2) is 4.98 Å². The Kier molecular flexibility index (Phi) is 2.93. The number of carboxylic acids is 1. The molecule has 2 heterocycles. The molecule has 1 N–H and O–H groups in total. The summed E-state index contributed by atoms with van der Waals surface area (Å²) in [5, 5.41) is 9.47. The lowest BCUT2D eigenvalue weighted by atomic mass is 9.96. The highest BCUT2D eigenvalue weighted by Gasteiger charge is 2.29. The molecule has 5 heteroatoms. The first-order valence-corrected chi connectivity index (χ1v) is 5.86. The second-order valence-corrected chi connectivity index (χ2v) is 4.90. The van der Waals surface area contributed by atoms with E-state index in [0.29, 0.717) is 30.5 Å². The van der Waals surface area contributed by atoms with Crippen molar-refractivity contribution in [3.8, 4) is 0 Å². The third-order valence-electron chi connectivity index (χ3n) is 3.06. The quantitative estimate of drug-likeness (QED) is 0.866. The minimum atomic E-state index is -0.741. The molecule has 0 aromatic carbocycles. The molecular weight excluding hydrogens is 228 g/mol. The Hall–Kier alpha value is -1.03. The molecular formula is C11H15ClN2O2. The molecule has 16 heavy (non-hydrogen) atoms. The van der Waals surface area contributed by atoms with Crippen molar-refractivity contribution < 1.29 is 9.90 Å². The van der Waals surface area contributed by atoms with Crippen LogP contribution in [-0.2, 0) is 17.8 Å². The number of hydrogen-bond donors (Lipinski definition) is 1. The molecule has 1 unspecified atom stereocenters. The summed E-state index contributed by atoms with van der Waals surface area (Å²) in [6.45, 7) is 4.84. The van der Waals surface area contributed by atoms with Gasteiger partial charge in [0, 0.05) is 18.9 Å². The first-order chi connectivity index (χ1) is 7.50. The van der Waals surface area contributed by atoms with Crippen LogP contribution in [-0.4, -0.2) is 20.6 Å². The van der Waals surface area contributed by atoms with Gasteiger partial charge in [-0.15, -0.1) is 0 Å². The predicted molar refractivity (Wildman–Crippen MR) is 60.8 cm³/mol. The maximum Gasteiger partial charge on any atom is 0.306 e. The van der Waals surface area contributed by atoms with Gasteiger partial charge in [0.25, 0.3) is 0 Å². The lowest BCUT2D eigenvalue weighted by Crippen LogP contribution is -2.26. The van der Waals surface area contributed by atoms with E-state index in [2.05, 4.69) is 23.4 Å². The van der Waals surface area contributed by atoms with Gasteiger partial charge >= 0.3 is 5.97 Å². The molecule has 0 fully saturated rings. The van der Waals surface area contributed by atoms with Gasteiger partial charge in [-0.2, -0.15) is 0 Å². The Bertz CT molecular complexity index is 426. The first-order valence-electron chi connectivity index (χ1n) is 5.48. The van der Waals surface area contributed by atoms with E-state index in [9.17, 15) is 4.79 Å². The highest BCUT2D eigenvalue weighted by molar-refractivity contribution is 6.30. The van der Waals surface area contributed by atoms with Crippen molar-refractivity contribution in [3.63, 3.8) is 0 Å². The van der Waals surface area contributed by atoms with Crippen molar-refractivity contribution in [3.05, 3.63) is 16.7 Å². The van der Waals surface area contributed by atoms with E-state index >= 15 is 0 Å². The monoisotopic (exact) mass is 242 g/mol. The molecule has 0 aliphatic carbocycles. The number of halogens is 1. The van der Waals surface area contributed by atoms with Crippen LogP contribution in [0.25, 0.3) is 0 Å². The topological polar surface area (TPSA) is 55.1 Å². The molecule has 1 aliphatic rings. The summed E-state index contributed by atoms with van der Waals surface area (Å²) in [5.41, 5.74) is 0.879. The van der Waals surface area contributed by atoms with Crippen LogP contribution in [0.1, 0.15) is 37.7 Å². The second-order valence-electron chi connectivity index (χ2n) is 4.54. The third kappa shape index (κ3) is 1.82. The minimum Gasteiger partial charge on any atom is -0.481 e. The van der Waals surface area contributed by atoms with Crippen LogP contribution in [0.4, 0.5) is 0 Å². The summed E-state index contributed by atoms with van der Waals surface area (Å²) >= 11 is 6.05. The Balaban J connectivity index is 2.36. The fraction of sp³-hybridized carbons (Fsp3) is 0.636. The van der Waals surface area contributed by atoms with E-state index in [4.69, 9.17) is 16.7 Å². The maximum absolute atomic E-state index is 10.9. The van der Waals surface area contributed by atoms with E-state index in [1.807, 2.05) is 0 Å². The highest BCUT2D eigenvalue weighted by Crippen LogP contribution is 2.30. The molecule has 0 saturated carbocycles. The molecule has 88 valence electrons. The van der Waals surface area contributed by atoms with Crippen molar-refractivity contribution in [2.24, 2.45) is 5.92 Å². The largest absolute Gasteiger partial charge is 0.481 e. The number of nitrogens with zero attached hydrogens (tertiary/aromatic N) is 2. The van der Waals surface area contributed by atoms with Crippen LogP contribution in [0.15, 0.2) is 0 Å². The maximum atomic E-state index is 10.9. The normalized spacial score (nSPS) is 19.9. The Morgan fingerprint density at radius 2 is 2.31 bits per heavy atom. The fourth-order valence-corrected chi connectivity index (χ4v) is 2.46. The average molecular weight is 243 g/mol. The Morgan fingerprint density at radius 1 is 1.62 bits per heavy atom. The van der Waals surface area contributed by atoms with Crippen LogP contribution in [0.3, 0.4) is 0 Å². The minimum absolute atomic E-state index is 0.313. The predicted octanol–water partition coefficient (Wildman–Crippen LogP) is 2.31. The van der Waals surface area contributed by atoms with Crippen LogP contribution in [0.2, 0.25) is 5.15 Å². The fourth-order valence-electron chi connectivity index (χ4n) is 2.19. The third-order valence-corrected chi connectivity index (χ3v) is 3.36. The molecule has 1 aromatic heterocycles. The highest BCUT2D eigenvalue weighted by atomic mass is 35.5. The van der Waals surface area contributed by atoms with Gasteiger partial charge in [0.15, 0.2) is 5.15 Å². The number of carboxylic acid groups (broad SMARTS) is 1. The molecule has 0 amide bonds. The summed E-state index contributed by atoms with van der Waals surface area (Å²) < 4.78 is 2.08. The second kappa shape index (κ2) is 4.09. The molecule has 4 nitrogen and oxygen atoms in total. The van der Waals surface area contributed by atoms with Crippen LogP contribution in [0.5, 0.6) is 0 Å². The smallest absolute Gasteiger partial charge is 0.306 e. The van der Waals surface area contributed by atoms with Crippen molar-refractivity contribution in [2.75, 3.05) is 0 Å². The summed E-state index contributed by atoms with van der Waals surface area (Å²) in [5.74, 6) is 0.216. The van der Waals surface area contributed by atoms with Gasteiger partial charge < -0.3 is 9.67 Å². The van der Waals surface area contributed by atoms with Crippen molar-refractivity contribution >= 4 is 17.6 Å². The van der Waals surface area contributed by atoms with Crippen LogP contribution < -0.4 is 0 Å². The van der Waals surface area contributed by atoms with E-state index in [1.165, 1.54) is 0 Å². The summed E-state index contributed by atoms with van der Waals surface area (Å²) in [4.78, 5) is 15.3. The average Bonchev–Trinajstić information content (AvgIpc) is 2.56. The van der Waals surface area contributed by atoms with Crippen LogP contribution in [0, 0.1) is 5.92 Å². The standard InChI is InChI=1S/C11H15ClN2O2/c1-6(2)10-13-9(12)8-5-7(11(15)16)3-4-14(8)10/h6-7H,3-5H2,1-2H3,(H,15,16). The summed E-state index contributed by atoms with van der Waals surface area (Å²) in [6.07, 6.45) is 1.16. The zero-order valence-corrected chi connectivity index (χ0v) is 10.2. The molecule has 0 radical (unpaired) electrons. The van der Waals surface area contributed by atoms with Crippen LogP contribution >= 0.6 is 11.6 Å². The first kappa shape index (κ1) is 11.5. The molecule has 2 rings (SSSR count). The van der Waals surface area contributed by atoms with Gasteiger partial charge in [-0.3, -0.25) is 4.79 Å². The van der Waals surface area contributed by atoms with Gasteiger partial charge in [0.05, 0.1) is 11.6 Å². The number of aromatic nitrogens is 2. The zero-order valence-electron chi connectivity index (χ0n) is 9.40. The van der Waals surface area contributed by atoms with Crippen molar-refractivity contribution in [2.45, 2.75) is 39.2 Å². The van der Waals surface area contributed by atoms with Gasteiger partial charge in [0.2, 0.25) is 0 Å². The van der Waals surface area contributed by atoms with Gasteiger partial charge in [-0.1, -0.05) is 25.4 Å². The number of rotatable bonds is 2. The SMILES string of the molecule is CC(C)c1nc(Cl)c2n1CCC(C(=O)O)C2. The molecule has 1 aliphatic heterocycles. The molecule has 1 atom stereocenters. The van der Waals surface area contributed by atoms with Crippen molar-refractivity contribution in [1.29, 1.82) is 0 Å². The van der Waals surface area contributed by atoms with Crippen molar-refractivity contribution in [1.82, 2.24) is 9.55 Å². The van der Waals surface area contributed by atoms with Gasteiger partial charge in [-0.05, 0) is 6.42 Å². The zero-order chi connectivity index (χ0) is 11.9. The summed E-state index contributed by atoms with van der Waals surface area (Å²) in [7, 11) is 0. The van der Waals surface area contributed by atoms with E-state index in [0.717, 1.165) is 11.5 Å². The molecule has 0 spiro atoms. The number of hydrogen-bond acceptors (Lipinski definition) is 2. The lowest BCUT2D eigenvalue weighted by molar-refractivity contribution is -0.142. The number of fused-ring (bicyclic) bond motifs is 1. The lowest BCUT2D eigenvalue weighted by Gasteiger charge is -2.22. The van der Waals surface area contributed by atoms with E-state index in [1.54, 1.807) is 0 Å². The van der Waals surface area contributed by atoms with Gasteiger partial charge in [0.1, 0.15) is 5.82 Å². The number of carbonyl (C=O) groups is 1. The number of aliphatic carboxylic acids is 1. The molecule has 0 saturated heterocycles. The molecule has 1 aromatic rings. The Morgan fingerprint density at radius 3 is 2.88 bits per heavy atom. The van der Waals surface area contributed by atoms with E-state index in [-0.39, 0.29) is 5.92 Å². The molecule has 0 bridgehead atoms. The number of imidazole rings is 1. The Labute approximate surface area is 99.2 Å². The van der Waals surface area contributed by atoms with E-state index < -0.39 is 5.97 Å². The summed E-state index contributed by atoms with van der Waals surface area (Å²) in [6, 6.07) is 0.